The average Bonchev–Trinajstić information content (AvgIpc) is 3.30. The van der Waals surface area contributed by atoms with E-state index < -0.39 is 41.3 Å². The highest BCUT2D eigenvalue weighted by atomic mass is 19.1. The van der Waals surface area contributed by atoms with E-state index in [9.17, 15) is 23.6 Å². The maximum Gasteiger partial charge on any atom is 0.408 e. The van der Waals surface area contributed by atoms with Gasteiger partial charge in [0.2, 0.25) is 17.7 Å². The molecule has 2 aromatic heterocycles. The molecule has 13 heteroatoms. The van der Waals surface area contributed by atoms with Crippen molar-refractivity contribution in [3.8, 4) is 0 Å². The molecule has 0 bridgehead atoms. The van der Waals surface area contributed by atoms with E-state index >= 15 is 0 Å². The van der Waals surface area contributed by atoms with Gasteiger partial charge in [0.1, 0.15) is 17.5 Å². The molecule has 0 fully saturated rings. The number of ether oxygens (including phenoxy) is 1. The highest BCUT2D eigenvalue weighted by Crippen LogP contribution is 2.37. The second-order valence-electron chi connectivity index (χ2n) is 19.4. The Balaban J connectivity index is 0.000000350. The van der Waals surface area contributed by atoms with Crippen LogP contribution in [0.15, 0.2) is 134 Å². The number of nitrogens with two attached hydrogens (primary N) is 1. The van der Waals surface area contributed by atoms with Gasteiger partial charge in [-0.05, 0) is 122 Å². The molecule has 3 aromatic carbocycles. The monoisotopic (exact) mass is 944 g/mol. The third kappa shape index (κ3) is 16.1. The number of alkyl carbamates (subject to hydrolysis) is 1. The van der Waals surface area contributed by atoms with Crippen LogP contribution in [0.4, 0.5) is 9.18 Å². The second kappa shape index (κ2) is 26.3. The Morgan fingerprint density at radius 3 is 1.43 bits per heavy atom. The van der Waals surface area contributed by atoms with Crippen molar-refractivity contribution in [3.05, 3.63) is 168 Å². The van der Waals surface area contributed by atoms with E-state index in [1.165, 1.54) is 6.07 Å². The van der Waals surface area contributed by atoms with Crippen LogP contribution in [0.3, 0.4) is 0 Å². The van der Waals surface area contributed by atoms with Crippen molar-refractivity contribution >= 4 is 23.8 Å². The molecule has 0 aliphatic carbocycles. The topological polar surface area (TPSA) is 160 Å². The molecule has 370 valence electrons. The number of benzene rings is 3. The summed E-state index contributed by atoms with van der Waals surface area (Å²) in [5.41, 5.74) is 9.20. The van der Waals surface area contributed by atoms with Crippen LogP contribution in [0.1, 0.15) is 128 Å². The van der Waals surface area contributed by atoms with Crippen molar-refractivity contribution in [2.45, 2.75) is 142 Å². The second-order valence-corrected chi connectivity index (χ2v) is 19.4. The van der Waals surface area contributed by atoms with Crippen LogP contribution in [0.2, 0.25) is 0 Å². The zero-order chi connectivity index (χ0) is 50.8. The third-order valence-corrected chi connectivity index (χ3v) is 11.8. The number of hydrogen-bond donors (Lipinski definition) is 3. The SMILES string of the molecule is CC(C)N(C(=O)C(c1cccnc1)C(CN)c1ccccc1)C(C)C.CC(C)N(C(=O)C(c1cccnc1)C(CNC(=O)C(Cc1ccccc1F)NC(=O)OC(C)(C)C)c1ccccc1)C(C)C. The Kier molecular flexibility index (Phi) is 21.0. The Morgan fingerprint density at radius 2 is 1.03 bits per heavy atom. The zero-order valence-corrected chi connectivity index (χ0v) is 42.3. The van der Waals surface area contributed by atoms with E-state index in [1.807, 2.05) is 116 Å². The number of aromatic nitrogens is 2. The minimum absolute atomic E-state index is 0.0594. The Labute approximate surface area is 409 Å². The van der Waals surface area contributed by atoms with Gasteiger partial charge in [0.25, 0.3) is 0 Å². The van der Waals surface area contributed by atoms with Crippen molar-refractivity contribution in [3.63, 3.8) is 0 Å². The number of rotatable bonds is 19. The van der Waals surface area contributed by atoms with Crippen LogP contribution in [-0.4, -0.2) is 92.5 Å². The van der Waals surface area contributed by atoms with Crippen LogP contribution in [0.25, 0.3) is 0 Å². The number of carbonyl (C=O) groups excluding carboxylic acids is 4. The quantitative estimate of drug-likeness (QED) is 0.0739. The highest BCUT2D eigenvalue weighted by molar-refractivity contribution is 5.88. The summed E-state index contributed by atoms with van der Waals surface area (Å²) in [5, 5.41) is 5.59. The first-order valence-electron chi connectivity index (χ1n) is 24.0. The lowest BCUT2D eigenvalue weighted by molar-refractivity contribution is -0.138. The first kappa shape index (κ1) is 55.1. The molecule has 5 atom stereocenters. The van der Waals surface area contributed by atoms with Crippen LogP contribution in [0, 0.1) is 5.82 Å². The molecule has 0 saturated heterocycles. The number of nitrogens with one attached hydrogen (secondary N) is 2. The van der Waals surface area contributed by atoms with Gasteiger partial charge < -0.3 is 30.9 Å². The molecule has 0 radical (unpaired) electrons. The zero-order valence-electron chi connectivity index (χ0n) is 42.3. The van der Waals surface area contributed by atoms with E-state index in [0.29, 0.717) is 6.54 Å². The van der Waals surface area contributed by atoms with Gasteiger partial charge in [0.05, 0.1) is 11.8 Å². The Hall–Kier alpha value is -6.47. The van der Waals surface area contributed by atoms with Gasteiger partial charge in [0.15, 0.2) is 0 Å². The van der Waals surface area contributed by atoms with Crippen molar-refractivity contribution in [2.75, 3.05) is 13.1 Å². The standard InChI is InChI=1S/C35H45FN4O4.C21H29N3O/c1-23(2)40(24(3)4)33(42)31(27-17-13-19-37-21-27)28(25-14-9-8-10-15-25)22-38-32(41)30(39-34(43)44-35(5,6)7)20-26-16-11-12-18-29(26)36;1-15(2)24(16(3)4)21(25)20(18-11-8-12-23-14-18)19(13-22)17-9-6-5-7-10-17/h8-19,21,23-24,28,30-31H,20,22H2,1-7H3,(H,38,41)(H,39,43);5-12,14-16,19-20H,13,22H2,1-4H3. The summed E-state index contributed by atoms with van der Waals surface area (Å²) in [7, 11) is 0. The third-order valence-electron chi connectivity index (χ3n) is 11.8. The van der Waals surface area contributed by atoms with Gasteiger partial charge in [-0.15, -0.1) is 0 Å². The van der Waals surface area contributed by atoms with Crippen LogP contribution in [0.5, 0.6) is 0 Å². The molecular weight excluding hydrogens is 870 g/mol. The molecule has 0 aliphatic heterocycles. The Bertz CT molecular complexity index is 2330. The molecule has 4 amide bonds. The van der Waals surface area contributed by atoms with E-state index in [4.69, 9.17) is 10.5 Å². The van der Waals surface area contributed by atoms with Gasteiger partial charge in [-0.2, -0.15) is 0 Å². The number of amides is 4. The first-order valence-corrected chi connectivity index (χ1v) is 24.0. The van der Waals surface area contributed by atoms with Gasteiger partial charge in [-0.25, -0.2) is 9.18 Å². The predicted molar refractivity (Wildman–Crippen MR) is 272 cm³/mol. The number of hydrogen-bond acceptors (Lipinski definition) is 8. The average molecular weight is 944 g/mol. The number of nitrogens with zero attached hydrogens (tertiary/aromatic N) is 4. The fraction of sp³-hybridized carbons (Fsp3) is 0.429. The van der Waals surface area contributed by atoms with Crippen LogP contribution in [-0.2, 0) is 25.5 Å². The molecular formula is C56H74FN7O5. The van der Waals surface area contributed by atoms with E-state index in [0.717, 1.165) is 22.3 Å². The molecule has 12 nitrogen and oxygen atoms in total. The van der Waals surface area contributed by atoms with Crippen molar-refractivity contribution < 1.29 is 28.3 Å². The first-order chi connectivity index (χ1) is 32.7. The lowest BCUT2D eigenvalue weighted by atomic mass is 9.80. The maximum atomic E-state index is 14.6. The normalized spacial score (nSPS) is 13.6. The predicted octanol–water partition coefficient (Wildman–Crippen LogP) is 9.54. The summed E-state index contributed by atoms with van der Waals surface area (Å²) in [6.45, 7) is 21.8. The molecule has 69 heavy (non-hydrogen) atoms. The number of pyridine rings is 2. The molecule has 2 heterocycles. The molecule has 0 aliphatic rings. The van der Waals surface area contributed by atoms with Crippen molar-refractivity contribution in [2.24, 2.45) is 5.73 Å². The summed E-state index contributed by atoms with van der Waals surface area (Å²) in [5.74, 6) is -2.56. The summed E-state index contributed by atoms with van der Waals surface area (Å²) in [4.78, 5) is 66.7. The smallest absolute Gasteiger partial charge is 0.408 e. The fourth-order valence-electron chi connectivity index (χ4n) is 8.92. The minimum atomic E-state index is -1.13. The number of halogens is 1. The van der Waals surface area contributed by atoms with Gasteiger partial charge in [0, 0.05) is 80.3 Å². The molecule has 5 rings (SSSR count). The van der Waals surface area contributed by atoms with Crippen molar-refractivity contribution in [1.82, 2.24) is 30.4 Å². The molecule has 0 saturated carbocycles. The van der Waals surface area contributed by atoms with Gasteiger partial charge in [-0.1, -0.05) is 91.0 Å². The largest absolute Gasteiger partial charge is 0.444 e. The van der Waals surface area contributed by atoms with Gasteiger partial charge >= 0.3 is 6.09 Å². The molecule has 4 N–H and O–H groups in total. The van der Waals surface area contributed by atoms with E-state index in [1.54, 1.807) is 69.8 Å². The summed E-state index contributed by atoms with van der Waals surface area (Å²) >= 11 is 0. The highest BCUT2D eigenvalue weighted by Gasteiger charge is 2.38. The minimum Gasteiger partial charge on any atom is -0.444 e. The van der Waals surface area contributed by atoms with Crippen LogP contribution < -0.4 is 16.4 Å². The fourth-order valence-corrected chi connectivity index (χ4v) is 8.92. The molecule has 5 aromatic rings. The summed E-state index contributed by atoms with van der Waals surface area (Å²) in [6, 6.07) is 32.2. The molecule has 5 unspecified atom stereocenters. The number of carbonyl (C=O) groups is 4. The van der Waals surface area contributed by atoms with Crippen LogP contribution >= 0.6 is 0 Å². The van der Waals surface area contributed by atoms with Crippen molar-refractivity contribution in [1.29, 1.82) is 0 Å². The maximum absolute atomic E-state index is 14.6. The summed E-state index contributed by atoms with van der Waals surface area (Å²) in [6.07, 6.45) is 5.97. The lowest BCUT2D eigenvalue weighted by Crippen LogP contribution is -2.51. The van der Waals surface area contributed by atoms with Gasteiger partial charge in [-0.3, -0.25) is 24.4 Å². The summed E-state index contributed by atoms with van der Waals surface area (Å²) < 4.78 is 20.0. The van der Waals surface area contributed by atoms with E-state index in [-0.39, 0.29) is 66.3 Å². The van der Waals surface area contributed by atoms with E-state index in [2.05, 4.69) is 48.3 Å². The lowest BCUT2D eigenvalue weighted by Gasteiger charge is -2.37. The molecule has 0 spiro atoms. The Morgan fingerprint density at radius 1 is 0.609 bits per heavy atom.